The molecule has 1 aromatic rings. The summed E-state index contributed by atoms with van der Waals surface area (Å²) in [7, 11) is 0. The van der Waals surface area contributed by atoms with Crippen LogP contribution in [-0.2, 0) is 11.3 Å². The predicted octanol–water partition coefficient (Wildman–Crippen LogP) is 1.25. The number of ether oxygens (including phenoxy) is 1. The Morgan fingerprint density at radius 3 is 2.87 bits per heavy atom. The number of likely N-dealkylation sites (tertiary alicyclic amines) is 1. The molecule has 1 N–H and O–H groups in total. The summed E-state index contributed by atoms with van der Waals surface area (Å²) in [5.74, 6) is 0. The summed E-state index contributed by atoms with van der Waals surface area (Å²) in [5, 5.41) is 8.19. The van der Waals surface area contributed by atoms with Gasteiger partial charge in [0.05, 0.1) is 31.6 Å². The highest BCUT2D eigenvalue weighted by atomic mass is 16.5. The van der Waals surface area contributed by atoms with Crippen molar-refractivity contribution >= 4 is 5.69 Å². The molecule has 0 unspecified atom stereocenters. The Hall–Kier alpha value is -1.11. The standard InChI is InChI=1S/C17H29N5O/c1-14-10-15(13-22(14)17-2-3-17)19-16-11-18-21(12-16)5-4-20-6-8-23-9-7-20/h11-12,14-15,17,19H,2-10,13H2,1H3/t14-,15-/m0/s1. The molecular weight excluding hydrogens is 290 g/mol. The first kappa shape index (κ1) is 15.4. The normalized spacial score (nSPS) is 30.0. The number of nitrogens with one attached hydrogen (secondary N) is 1. The van der Waals surface area contributed by atoms with Gasteiger partial charge in [0, 0.05) is 50.5 Å². The van der Waals surface area contributed by atoms with Crippen molar-refractivity contribution in [2.45, 2.75) is 50.9 Å². The van der Waals surface area contributed by atoms with Gasteiger partial charge in [0.1, 0.15) is 0 Å². The molecule has 2 saturated heterocycles. The second kappa shape index (κ2) is 6.79. The summed E-state index contributed by atoms with van der Waals surface area (Å²) in [5.41, 5.74) is 1.17. The Morgan fingerprint density at radius 1 is 1.26 bits per heavy atom. The Morgan fingerprint density at radius 2 is 2.09 bits per heavy atom. The van der Waals surface area contributed by atoms with Gasteiger partial charge in [-0.3, -0.25) is 14.5 Å². The average molecular weight is 319 g/mol. The molecule has 6 heteroatoms. The molecule has 3 heterocycles. The van der Waals surface area contributed by atoms with E-state index in [1.54, 1.807) is 0 Å². The predicted molar refractivity (Wildman–Crippen MR) is 90.7 cm³/mol. The Bertz CT molecular complexity index is 509. The number of hydrogen-bond acceptors (Lipinski definition) is 5. The number of hydrogen-bond donors (Lipinski definition) is 1. The van der Waals surface area contributed by atoms with Crippen LogP contribution >= 0.6 is 0 Å². The Kier molecular flexibility index (Phi) is 4.55. The van der Waals surface area contributed by atoms with Crippen LogP contribution in [0.15, 0.2) is 12.4 Å². The fourth-order valence-electron chi connectivity index (χ4n) is 3.94. The van der Waals surface area contributed by atoms with E-state index < -0.39 is 0 Å². The van der Waals surface area contributed by atoms with Crippen molar-refractivity contribution in [3.05, 3.63) is 12.4 Å². The Balaban J connectivity index is 1.25. The second-order valence-electron chi connectivity index (χ2n) is 7.30. The fraction of sp³-hybridized carbons (Fsp3) is 0.824. The van der Waals surface area contributed by atoms with Gasteiger partial charge in [-0.1, -0.05) is 0 Å². The molecule has 3 aliphatic rings. The number of aromatic nitrogens is 2. The average Bonchev–Trinajstić information content (AvgIpc) is 3.21. The molecule has 128 valence electrons. The van der Waals surface area contributed by atoms with E-state index in [4.69, 9.17) is 4.74 Å². The second-order valence-corrected chi connectivity index (χ2v) is 7.30. The molecule has 2 aliphatic heterocycles. The summed E-state index contributed by atoms with van der Waals surface area (Å²) in [6.45, 7) is 9.38. The number of morpholine rings is 1. The topological polar surface area (TPSA) is 45.6 Å². The van der Waals surface area contributed by atoms with Crippen molar-refractivity contribution in [1.29, 1.82) is 0 Å². The monoisotopic (exact) mass is 319 g/mol. The molecule has 0 bridgehead atoms. The van der Waals surface area contributed by atoms with Gasteiger partial charge in [-0.05, 0) is 26.2 Å². The smallest absolute Gasteiger partial charge is 0.0729 e. The van der Waals surface area contributed by atoms with Crippen LogP contribution in [0.25, 0.3) is 0 Å². The molecule has 4 rings (SSSR count). The van der Waals surface area contributed by atoms with Crippen molar-refractivity contribution < 1.29 is 4.74 Å². The summed E-state index contributed by atoms with van der Waals surface area (Å²) in [6, 6.07) is 2.16. The van der Waals surface area contributed by atoms with Crippen LogP contribution < -0.4 is 5.32 Å². The molecular formula is C17H29N5O. The lowest BCUT2D eigenvalue weighted by atomic mass is 10.2. The molecule has 1 aromatic heterocycles. The first-order valence-electron chi connectivity index (χ1n) is 9.13. The molecule has 1 aliphatic carbocycles. The van der Waals surface area contributed by atoms with Gasteiger partial charge in [0.15, 0.2) is 0 Å². The highest BCUT2D eigenvalue weighted by molar-refractivity contribution is 5.40. The third-order valence-electron chi connectivity index (χ3n) is 5.39. The van der Waals surface area contributed by atoms with Crippen LogP contribution in [0.5, 0.6) is 0 Å². The molecule has 0 radical (unpaired) electrons. The van der Waals surface area contributed by atoms with E-state index in [0.717, 1.165) is 51.5 Å². The summed E-state index contributed by atoms with van der Waals surface area (Å²) >= 11 is 0. The van der Waals surface area contributed by atoms with Gasteiger partial charge in [0.2, 0.25) is 0 Å². The fourth-order valence-corrected chi connectivity index (χ4v) is 3.94. The maximum absolute atomic E-state index is 5.39. The van der Waals surface area contributed by atoms with Gasteiger partial charge in [-0.15, -0.1) is 0 Å². The van der Waals surface area contributed by atoms with Crippen molar-refractivity contribution in [2.24, 2.45) is 0 Å². The molecule has 23 heavy (non-hydrogen) atoms. The lowest BCUT2D eigenvalue weighted by molar-refractivity contribution is 0.0360. The van der Waals surface area contributed by atoms with Gasteiger partial charge in [-0.25, -0.2) is 0 Å². The minimum atomic E-state index is 0.572. The lowest BCUT2D eigenvalue weighted by Crippen LogP contribution is -2.38. The summed E-state index contributed by atoms with van der Waals surface area (Å²) in [6.07, 6.45) is 8.18. The SMILES string of the molecule is C[C@H]1C[C@H](Nc2cnn(CCN3CCOCC3)c2)CN1C1CC1. The number of nitrogens with zero attached hydrogens (tertiary/aromatic N) is 4. The first-order chi connectivity index (χ1) is 11.3. The molecule has 1 saturated carbocycles. The van der Waals surface area contributed by atoms with Gasteiger partial charge in [0.25, 0.3) is 0 Å². The number of rotatable bonds is 6. The highest BCUT2D eigenvalue weighted by Gasteiger charge is 2.38. The van der Waals surface area contributed by atoms with Crippen molar-refractivity contribution in [3.63, 3.8) is 0 Å². The number of anilines is 1. The van der Waals surface area contributed by atoms with E-state index in [1.807, 2.05) is 6.20 Å². The zero-order valence-electron chi connectivity index (χ0n) is 14.2. The van der Waals surface area contributed by atoms with Crippen LogP contribution in [-0.4, -0.2) is 77.1 Å². The molecule has 6 nitrogen and oxygen atoms in total. The van der Waals surface area contributed by atoms with Crippen LogP contribution in [0.3, 0.4) is 0 Å². The molecule has 2 atom stereocenters. The largest absolute Gasteiger partial charge is 0.379 e. The van der Waals surface area contributed by atoms with E-state index in [0.29, 0.717) is 6.04 Å². The third-order valence-corrected chi connectivity index (χ3v) is 5.39. The van der Waals surface area contributed by atoms with Crippen molar-refractivity contribution in [2.75, 3.05) is 44.7 Å². The van der Waals surface area contributed by atoms with Gasteiger partial charge >= 0.3 is 0 Å². The maximum Gasteiger partial charge on any atom is 0.0729 e. The van der Waals surface area contributed by atoms with Crippen molar-refractivity contribution in [3.8, 4) is 0 Å². The van der Waals surface area contributed by atoms with E-state index in [9.17, 15) is 0 Å². The zero-order chi connectivity index (χ0) is 15.6. The Labute approximate surface area is 138 Å². The van der Waals surface area contributed by atoms with E-state index >= 15 is 0 Å². The van der Waals surface area contributed by atoms with E-state index in [2.05, 4.69) is 38.0 Å². The molecule has 3 fully saturated rings. The third kappa shape index (κ3) is 3.87. The van der Waals surface area contributed by atoms with E-state index in [1.165, 1.54) is 31.5 Å². The van der Waals surface area contributed by atoms with Gasteiger partial charge < -0.3 is 10.1 Å². The van der Waals surface area contributed by atoms with Crippen LogP contribution in [0.4, 0.5) is 5.69 Å². The van der Waals surface area contributed by atoms with Crippen LogP contribution in [0.1, 0.15) is 26.2 Å². The summed E-state index contributed by atoms with van der Waals surface area (Å²) < 4.78 is 7.45. The quantitative estimate of drug-likeness (QED) is 0.855. The molecule has 0 spiro atoms. The van der Waals surface area contributed by atoms with Gasteiger partial charge in [-0.2, -0.15) is 5.10 Å². The minimum Gasteiger partial charge on any atom is -0.379 e. The first-order valence-corrected chi connectivity index (χ1v) is 9.13. The lowest BCUT2D eigenvalue weighted by Gasteiger charge is -2.26. The minimum absolute atomic E-state index is 0.572. The molecule has 0 aromatic carbocycles. The maximum atomic E-state index is 5.39. The highest BCUT2D eigenvalue weighted by Crippen LogP contribution is 2.34. The zero-order valence-corrected chi connectivity index (χ0v) is 14.2. The molecule has 0 amide bonds. The van der Waals surface area contributed by atoms with Crippen LogP contribution in [0, 0.1) is 0 Å². The van der Waals surface area contributed by atoms with Crippen molar-refractivity contribution in [1.82, 2.24) is 19.6 Å². The van der Waals surface area contributed by atoms with E-state index in [-0.39, 0.29) is 0 Å². The summed E-state index contributed by atoms with van der Waals surface area (Å²) in [4.78, 5) is 5.13. The van der Waals surface area contributed by atoms with Crippen LogP contribution in [0.2, 0.25) is 0 Å².